The second-order valence-corrected chi connectivity index (χ2v) is 7.25. The summed E-state index contributed by atoms with van der Waals surface area (Å²) >= 11 is 0. The number of piperazine rings is 2. The molecule has 0 aliphatic carbocycles. The van der Waals surface area contributed by atoms with E-state index in [-0.39, 0.29) is 11.7 Å². The van der Waals surface area contributed by atoms with Gasteiger partial charge in [0.15, 0.2) is 0 Å². The second kappa shape index (κ2) is 8.15. The fraction of sp³-hybridized carbons (Fsp3) is 0.632. The first-order valence-electron chi connectivity index (χ1n) is 9.27. The van der Waals surface area contributed by atoms with Crippen LogP contribution in [-0.4, -0.2) is 85.6 Å². The van der Waals surface area contributed by atoms with Crippen LogP contribution in [0.25, 0.3) is 0 Å². The van der Waals surface area contributed by atoms with Crippen molar-refractivity contribution in [2.75, 3.05) is 63.8 Å². The summed E-state index contributed by atoms with van der Waals surface area (Å²) in [5.74, 6) is 0.0455. The Hall–Kier alpha value is -1.66. The molecule has 0 radical (unpaired) electrons. The van der Waals surface area contributed by atoms with Crippen molar-refractivity contribution in [2.24, 2.45) is 0 Å². The third-order valence-electron chi connectivity index (χ3n) is 5.32. The van der Waals surface area contributed by atoms with Crippen molar-refractivity contribution in [2.45, 2.75) is 19.9 Å². The zero-order valence-electron chi connectivity index (χ0n) is 15.3. The van der Waals surface area contributed by atoms with Crippen LogP contribution in [0.5, 0.6) is 0 Å². The molecular formula is C19H29FN4O. The van der Waals surface area contributed by atoms with Crippen molar-refractivity contribution >= 4 is 11.6 Å². The van der Waals surface area contributed by atoms with Gasteiger partial charge in [-0.15, -0.1) is 0 Å². The molecule has 1 aromatic rings. The fourth-order valence-corrected chi connectivity index (χ4v) is 3.60. The molecule has 0 spiro atoms. The van der Waals surface area contributed by atoms with Crippen molar-refractivity contribution in [1.29, 1.82) is 0 Å². The molecule has 25 heavy (non-hydrogen) atoms. The molecule has 1 amide bonds. The van der Waals surface area contributed by atoms with E-state index < -0.39 is 0 Å². The van der Waals surface area contributed by atoms with Crippen molar-refractivity contribution in [3.05, 3.63) is 30.1 Å². The molecule has 3 rings (SSSR count). The number of hydrogen-bond acceptors (Lipinski definition) is 4. The largest absolute Gasteiger partial charge is 0.369 e. The summed E-state index contributed by atoms with van der Waals surface area (Å²) in [4.78, 5) is 21.5. The molecule has 1 aromatic carbocycles. The van der Waals surface area contributed by atoms with E-state index in [2.05, 4.69) is 28.5 Å². The molecule has 138 valence electrons. The van der Waals surface area contributed by atoms with Gasteiger partial charge in [0.05, 0.1) is 6.54 Å². The number of hydrogen-bond donors (Lipinski definition) is 0. The molecule has 0 bridgehead atoms. The van der Waals surface area contributed by atoms with Crippen LogP contribution in [0, 0.1) is 5.82 Å². The van der Waals surface area contributed by atoms with Crippen LogP contribution in [0.15, 0.2) is 24.3 Å². The Kier molecular flexibility index (Phi) is 5.91. The van der Waals surface area contributed by atoms with Gasteiger partial charge in [-0.1, -0.05) is 0 Å². The smallest absolute Gasteiger partial charge is 0.236 e. The Morgan fingerprint density at radius 2 is 1.56 bits per heavy atom. The van der Waals surface area contributed by atoms with Crippen molar-refractivity contribution in [3.8, 4) is 0 Å². The van der Waals surface area contributed by atoms with Gasteiger partial charge < -0.3 is 9.80 Å². The molecule has 0 N–H and O–H groups in total. The molecule has 6 heteroatoms. The van der Waals surface area contributed by atoms with Gasteiger partial charge in [0.25, 0.3) is 0 Å². The van der Waals surface area contributed by atoms with Gasteiger partial charge in [-0.2, -0.15) is 0 Å². The highest BCUT2D eigenvalue weighted by molar-refractivity contribution is 5.78. The molecule has 2 saturated heterocycles. The SMILES string of the molecule is CC(C)N1CCN(C(=O)CN2CCN(c3ccc(F)cc3)CC2)CC1. The number of anilines is 1. The summed E-state index contributed by atoms with van der Waals surface area (Å²) in [5.41, 5.74) is 1.05. The quantitative estimate of drug-likeness (QED) is 0.825. The van der Waals surface area contributed by atoms with Crippen LogP contribution in [0.1, 0.15) is 13.8 Å². The Morgan fingerprint density at radius 1 is 0.960 bits per heavy atom. The summed E-state index contributed by atoms with van der Waals surface area (Å²) in [6.45, 7) is 12.0. The maximum absolute atomic E-state index is 13.0. The Bertz CT molecular complexity index is 561. The van der Waals surface area contributed by atoms with Crippen LogP contribution >= 0.6 is 0 Å². The lowest BCUT2D eigenvalue weighted by Gasteiger charge is -2.39. The molecule has 0 saturated carbocycles. The number of benzene rings is 1. The number of carbonyl (C=O) groups excluding carboxylic acids is 1. The normalized spacial score (nSPS) is 20.3. The molecule has 0 atom stereocenters. The standard InChI is InChI=1S/C19H29FN4O/c1-16(2)22-11-13-24(14-12-22)19(25)15-21-7-9-23(10-8-21)18-5-3-17(20)4-6-18/h3-6,16H,7-15H2,1-2H3. The van der Waals surface area contributed by atoms with Gasteiger partial charge in [0.1, 0.15) is 5.82 Å². The van der Waals surface area contributed by atoms with Crippen LogP contribution in [-0.2, 0) is 4.79 Å². The van der Waals surface area contributed by atoms with E-state index >= 15 is 0 Å². The number of rotatable bonds is 4. The summed E-state index contributed by atoms with van der Waals surface area (Å²) in [6, 6.07) is 7.20. The predicted molar refractivity (Wildman–Crippen MR) is 98.3 cm³/mol. The van der Waals surface area contributed by atoms with Crippen LogP contribution in [0.4, 0.5) is 10.1 Å². The van der Waals surface area contributed by atoms with E-state index in [0.717, 1.165) is 58.0 Å². The van der Waals surface area contributed by atoms with Crippen molar-refractivity contribution in [1.82, 2.24) is 14.7 Å². The van der Waals surface area contributed by atoms with Gasteiger partial charge in [0, 0.05) is 64.1 Å². The third-order valence-corrected chi connectivity index (χ3v) is 5.32. The van der Waals surface area contributed by atoms with E-state index in [1.807, 2.05) is 17.0 Å². The summed E-state index contributed by atoms with van der Waals surface area (Å²) in [5, 5.41) is 0. The summed E-state index contributed by atoms with van der Waals surface area (Å²) in [7, 11) is 0. The maximum Gasteiger partial charge on any atom is 0.236 e. The van der Waals surface area contributed by atoms with Crippen LogP contribution in [0.2, 0.25) is 0 Å². The predicted octanol–water partition coefficient (Wildman–Crippen LogP) is 1.50. The molecular weight excluding hydrogens is 319 g/mol. The minimum atomic E-state index is -0.203. The summed E-state index contributed by atoms with van der Waals surface area (Å²) < 4.78 is 13.0. The molecule has 2 heterocycles. The Labute approximate surface area is 150 Å². The lowest BCUT2D eigenvalue weighted by molar-refractivity contribution is -0.134. The molecule has 2 aliphatic heterocycles. The fourth-order valence-electron chi connectivity index (χ4n) is 3.60. The molecule has 2 aliphatic rings. The number of carbonyl (C=O) groups is 1. The van der Waals surface area contributed by atoms with Crippen molar-refractivity contribution in [3.63, 3.8) is 0 Å². The zero-order chi connectivity index (χ0) is 17.8. The average molecular weight is 348 g/mol. The van der Waals surface area contributed by atoms with E-state index in [1.165, 1.54) is 12.1 Å². The first kappa shape index (κ1) is 18.1. The number of amides is 1. The minimum Gasteiger partial charge on any atom is -0.369 e. The lowest BCUT2D eigenvalue weighted by Crippen LogP contribution is -2.54. The van der Waals surface area contributed by atoms with E-state index in [0.29, 0.717) is 12.6 Å². The van der Waals surface area contributed by atoms with E-state index in [4.69, 9.17) is 0 Å². The zero-order valence-corrected chi connectivity index (χ0v) is 15.3. The topological polar surface area (TPSA) is 30.0 Å². The number of halogens is 1. The second-order valence-electron chi connectivity index (χ2n) is 7.25. The highest BCUT2D eigenvalue weighted by Crippen LogP contribution is 2.17. The first-order valence-corrected chi connectivity index (χ1v) is 9.27. The van der Waals surface area contributed by atoms with Gasteiger partial charge in [-0.3, -0.25) is 14.6 Å². The van der Waals surface area contributed by atoms with E-state index in [9.17, 15) is 9.18 Å². The van der Waals surface area contributed by atoms with Gasteiger partial charge in [-0.05, 0) is 38.1 Å². The molecule has 2 fully saturated rings. The van der Waals surface area contributed by atoms with Crippen LogP contribution in [0.3, 0.4) is 0 Å². The first-order chi connectivity index (χ1) is 12.0. The molecule has 0 unspecified atom stereocenters. The van der Waals surface area contributed by atoms with Crippen LogP contribution < -0.4 is 4.90 Å². The average Bonchev–Trinajstić information content (AvgIpc) is 2.63. The monoisotopic (exact) mass is 348 g/mol. The third kappa shape index (κ3) is 4.70. The van der Waals surface area contributed by atoms with Crippen molar-refractivity contribution < 1.29 is 9.18 Å². The van der Waals surface area contributed by atoms with Gasteiger partial charge >= 0.3 is 0 Å². The minimum absolute atomic E-state index is 0.203. The highest BCUT2D eigenvalue weighted by atomic mass is 19.1. The van der Waals surface area contributed by atoms with Gasteiger partial charge in [0.2, 0.25) is 5.91 Å². The number of nitrogens with zero attached hydrogens (tertiary/aromatic N) is 4. The lowest BCUT2D eigenvalue weighted by atomic mass is 10.2. The highest BCUT2D eigenvalue weighted by Gasteiger charge is 2.25. The maximum atomic E-state index is 13.0. The molecule has 5 nitrogen and oxygen atoms in total. The van der Waals surface area contributed by atoms with E-state index in [1.54, 1.807) is 0 Å². The Morgan fingerprint density at radius 3 is 2.12 bits per heavy atom. The molecule has 0 aromatic heterocycles. The Balaban J connectivity index is 1.43. The van der Waals surface area contributed by atoms with Gasteiger partial charge in [-0.25, -0.2) is 4.39 Å². The summed E-state index contributed by atoms with van der Waals surface area (Å²) in [6.07, 6.45) is 0.